The Morgan fingerprint density at radius 1 is 0.933 bits per heavy atom. The Labute approximate surface area is 170 Å². The second-order valence-corrected chi connectivity index (χ2v) is 6.20. The highest BCUT2D eigenvalue weighted by Gasteiger charge is 2.51. The van der Waals surface area contributed by atoms with Gasteiger partial charge in [-0.15, -0.1) is 0 Å². The summed E-state index contributed by atoms with van der Waals surface area (Å²) in [6.45, 7) is 3.02. The average molecular weight is 425 g/mol. The maximum Gasteiger partial charge on any atom is 0.340 e. The Morgan fingerprint density at radius 2 is 1.50 bits per heavy atom. The summed E-state index contributed by atoms with van der Waals surface area (Å²) in [5.41, 5.74) is -0.254. The van der Waals surface area contributed by atoms with Crippen molar-refractivity contribution >= 4 is 29.6 Å². The van der Waals surface area contributed by atoms with Gasteiger partial charge < -0.3 is 23.7 Å². The molecule has 0 bridgehead atoms. The molecule has 0 saturated carbocycles. The van der Waals surface area contributed by atoms with Crippen LogP contribution in [0.5, 0.6) is 0 Å². The molecule has 12 nitrogen and oxygen atoms in total. The number of nitro groups is 1. The minimum atomic E-state index is -1.48. The highest BCUT2D eigenvalue weighted by molar-refractivity contribution is 5.89. The lowest BCUT2D eigenvalue weighted by Crippen LogP contribution is -2.42. The minimum absolute atomic E-state index is 0.0294. The van der Waals surface area contributed by atoms with E-state index in [2.05, 4.69) is 0 Å². The molecule has 0 aromatic heterocycles. The van der Waals surface area contributed by atoms with Crippen molar-refractivity contribution in [2.24, 2.45) is 0 Å². The fourth-order valence-electron chi connectivity index (χ4n) is 2.66. The van der Waals surface area contributed by atoms with Crippen LogP contribution in [0.2, 0.25) is 0 Å². The Morgan fingerprint density at radius 3 is 2.00 bits per heavy atom. The van der Waals surface area contributed by atoms with Gasteiger partial charge >= 0.3 is 23.9 Å². The second kappa shape index (κ2) is 9.78. The molecule has 0 radical (unpaired) electrons. The van der Waals surface area contributed by atoms with E-state index in [0.29, 0.717) is 0 Å². The number of benzene rings is 1. The van der Waals surface area contributed by atoms with Gasteiger partial charge in [-0.25, -0.2) is 4.79 Å². The highest BCUT2D eigenvalue weighted by Crippen LogP contribution is 2.29. The number of nitrogens with zero attached hydrogens (tertiary/aromatic N) is 1. The van der Waals surface area contributed by atoms with Crippen molar-refractivity contribution in [2.75, 3.05) is 6.61 Å². The number of hydrogen-bond donors (Lipinski definition) is 0. The van der Waals surface area contributed by atoms with Gasteiger partial charge in [-0.1, -0.05) is 0 Å². The number of esters is 4. The Balaban J connectivity index is 2.22. The Hall–Kier alpha value is -3.54. The molecule has 1 saturated heterocycles. The number of ether oxygens (including phenoxy) is 5. The molecule has 1 heterocycles. The van der Waals surface area contributed by atoms with Gasteiger partial charge in [0.15, 0.2) is 6.10 Å². The molecule has 1 aliphatic heterocycles. The SMILES string of the molecule is CC(=O)OC[C@H]1O[C@@H](OC(=O)c2ccc([N+](=O)[O-])cc2)[C@@H](OC(C)=O)[C@H]1OC(C)=O. The van der Waals surface area contributed by atoms with Crippen LogP contribution in [0.4, 0.5) is 5.69 Å². The maximum absolute atomic E-state index is 12.4. The number of carbonyl (C=O) groups is 4. The third-order valence-electron chi connectivity index (χ3n) is 3.86. The molecule has 1 aromatic rings. The van der Waals surface area contributed by atoms with Crippen LogP contribution in [0.3, 0.4) is 0 Å². The van der Waals surface area contributed by atoms with Gasteiger partial charge in [-0.3, -0.25) is 24.5 Å². The van der Waals surface area contributed by atoms with Crippen molar-refractivity contribution in [3.63, 3.8) is 0 Å². The van der Waals surface area contributed by atoms with Crippen molar-refractivity contribution < 1.29 is 47.8 Å². The van der Waals surface area contributed by atoms with Crippen LogP contribution in [0.25, 0.3) is 0 Å². The minimum Gasteiger partial charge on any atom is -0.463 e. The summed E-state index contributed by atoms with van der Waals surface area (Å²) in [7, 11) is 0. The van der Waals surface area contributed by atoms with Crippen molar-refractivity contribution in [1.82, 2.24) is 0 Å². The number of non-ortho nitro benzene ring substituents is 1. The third kappa shape index (κ3) is 5.98. The number of carbonyl (C=O) groups excluding carboxylic acids is 4. The quantitative estimate of drug-likeness (QED) is 0.264. The standard InChI is InChI=1S/C18H19NO11/c1-9(20)26-8-14-15(27-10(2)21)16(28-11(3)22)18(29-14)30-17(23)12-4-6-13(7-5-12)19(24)25/h4-7,14-16,18H,8H2,1-3H3/t14-,15+,16+,18+/m1/s1. The molecule has 0 amide bonds. The van der Waals surface area contributed by atoms with Gasteiger partial charge in [0.2, 0.25) is 12.4 Å². The fourth-order valence-corrected chi connectivity index (χ4v) is 2.66. The van der Waals surface area contributed by atoms with E-state index in [4.69, 9.17) is 23.7 Å². The van der Waals surface area contributed by atoms with Crippen LogP contribution in [-0.4, -0.2) is 60.0 Å². The number of hydrogen-bond acceptors (Lipinski definition) is 11. The highest BCUT2D eigenvalue weighted by atomic mass is 16.8. The van der Waals surface area contributed by atoms with Crippen LogP contribution < -0.4 is 0 Å². The number of rotatable bonds is 7. The van der Waals surface area contributed by atoms with Crippen LogP contribution >= 0.6 is 0 Å². The van der Waals surface area contributed by atoms with Gasteiger partial charge in [0.25, 0.3) is 5.69 Å². The van der Waals surface area contributed by atoms with Gasteiger partial charge in [0.05, 0.1) is 10.5 Å². The van der Waals surface area contributed by atoms with E-state index < -0.39 is 53.4 Å². The zero-order valence-electron chi connectivity index (χ0n) is 16.3. The van der Waals surface area contributed by atoms with E-state index >= 15 is 0 Å². The first-order chi connectivity index (χ1) is 14.1. The zero-order chi connectivity index (χ0) is 22.4. The molecule has 2 rings (SSSR count). The fraction of sp³-hybridized carbons (Fsp3) is 0.444. The van der Waals surface area contributed by atoms with Gasteiger partial charge in [-0.2, -0.15) is 0 Å². The predicted molar refractivity (Wildman–Crippen MR) is 94.9 cm³/mol. The van der Waals surface area contributed by atoms with Crippen LogP contribution in [-0.2, 0) is 38.1 Å². The summed E-state index contributed by atoms with van der Waals surface area (Å²) in [6, 6.07) is 4.58. The third-order valence-corrected chi connectivity index (χ3v) is 3.86. The Kier molecular flexibility index (Phi) is 7.42. The van der Waals surface area contributed by atoms with E-state index in [1.54, 1.807) is 0 Å². The first-order valence-electron chi connectivity index (χ1n) is 8.67. The van der Waals surface area contributed by atoms with Crippen molar-refractivity contribution in [1.29, 1.82) is 0 Å². The monoisotopic (exact) mass is 425 g/mol. The molecule has 0 N–H and O–H groups in total. The van der Waals surface area contributed by atoms with Crippen LogP contribution in [0.15, 0.2) is 24.3 Å². The predicted octanol–water partition coefficient (Wildman–Crippen LogP) is 0.903. The molecule has 0 unspecified atom stereocenters. The largest absolute Gasteiger partial charge is 0.463 e. The summed E-state index contributed by atoms with van der Waals surface area (Å²) in [5.74, 6) is -3.04. The molecular weight excluding hydrogens is 406 g/mol. The second-order valence-electron chi connectivity index (χ2n) is 6.20. The smallest absolute Gasteiger partial charge is 0.340 e. The molecule has 162 valence electrons. The van der Waals surface area contributed by atoms with Gasteiger partial charge in [0.1, 0.15) is 12.7 Å². The first-order valence-corrected chi connectivity index (χ1v) is 8.67. The maximum atomic E-state index is 12.4. The van der Waals surface area contributed by atoms with Crippen LogP contribution in [0, 0.1) is 10.1 Å². The lowest BCUT2D eigenvalue weighted by Gasteiger charge is -2.22. The lowest BCUT2D eigenvalue weighted by molar-refractivity contribution is -0.384. The molecule has 0 spiro atoms. The first kappa shape index (κ1) is 22.7. The molecule has 1 aliphatic rings. The summed E-state index contributed by atoms with van der Waals surface area (Å²) in [4.78, 5) is 56.6. The summed E-state index contributed by atoms with van der Waals surface area (Å²) >= 11 is 0. The molecule has 1 fully saturated rings. The summed E-state index contributed by atoms with van der Waals surface area (Å²) in [6.07, 6.45) is -5.09. The molecule has 12 heteroatoms. The van der Waals surface area contributed by atoms with Crippen molar-refractivity contribution in [2.45, 2.75) is 45.4 Å². The summed E-state index contributed by atoms with van der Waals surface area (Å²) in [5, 5.41) is 10.7. The van der Waals surface area contributed by atoms with Gasteiger partial charge in [0, 0.05) is 32.9 Å². The zero-order valence-corrected chi connectivity index (χ0v) is 16.3. The van der Waals surface area contributed by atoms with E-state index in [-0.39, 0.29) is 17.9 Å². The van der Waals surface area contributed by atoms with Gasteiger partial charge in [-0.05, 0) is 12.1 Å². The summed E-state index contributed by atoms with van der Waals surface area (Å²) < 4.78 is 25.8. The van der Waals surface area contributed by atoms with E-state index in [9.17, 15) is 29.3 Å². The number of nitro benzene ring substituents is 1. The normalized spacial score (nSPS) is 22.6. The molecule has 30 heavy (non-hydrogen) atoms. The molecule has 0 aliphatic carbocycles. The van der Waals surface area contributed by atoms with E-state index in [0.717, 1.165) is 32.9 Å². The molecular formula is C18H19NO11. The topological polar surface area (TPSA) is 158 Å². The van der Waals surface area contributed by atoms with Crippen molar-refractivity contribution in [3.8, 4) is 0 Å². The van der Waals surface area contributed by atoms with Crippen molar-refractivity contribution in [3.05, 3.63) is 39.9 Å². The van der Waals surface area contributed by atoms with Crippen LogP contribution in [0.1, 0.15) is 31.1 Å². The van der Waals surface area contributed by atoms with E-state index in [1.165, 1.54) is 12.1 Å². The Bertz CT molecular complexity index is 835. The lowest BCUT2D eigenvalue weighted by atomic mass is 10.1. The molecule has 1 aromatic carbocycles. The van der Waals surface area contributed by atoms with E-state index in [1.807, 2.05) is 0 Å². The molecule has 4 atom stereocenters. The average Bonchev–Trinajstić information content (AvgIpc) is 2.95.